The Labute approximate surface area is 83.3 Å². The van der Waals surface area contributed by atoms with Gasteiger partial charge in [0, 0.05) is 26.2 Å². The molecule has 1 aliphatic rings. The van der Waals surface area contributed by atoms with Gasteiger partial charge in [0.15, 0.2) is 0 Å². The molecular weight excluding hydrogens is 178 g/mol. The van der Waals surface area contributed by atoms with E-state index in [1.165, 1.54) is 0 Å². The second kappa shape index (κ2) is 3.79. The minimum Gasteiger partial charge on any atom is -0.373 e. The van der Waals surface area contributed by atoms with Crippen molar-refractivity contribution >= 4 is 11.6 Å². The van der Waals surface area contributed by atoms with Crippen LogP contribution in [-0.4, -0.2) is 36.1 Å². The molecule has 3 N–H and O–H groups in total. The van der Waals surface area contributed by atoms with Crippen LogP contribution < -0.4 is 16.0 Å². The maximum atomic E-state index is 4.31. The fraction of sp³-hybridized carbons (Fsp3) is 0.556. The summed E-state index contributed by atoms with van der Waals surface area (Å²) in [5.74, 6) is 2.53. The maximum absolute atomic E-state index is 4.31. The van der Waals surface area contributed by atoms with Crippen molar-refractivity contribution in [3.05, 3.63) is 11.9 Å². The Morgan fingerprint density at radius 1 is 1.36 bits per heavy atom. The third-order valence-corrected chi connectivity index (χ3v) is 2.23. The van der Waals surface area contributed by atoms with Crippen molar-refractivity contribution in [2.45, 2.75) is 13.0 Å². The molecule has 0 spiro atoms. The average Bonchev–Trinajstić information content (AvgIpc) is 2.10. The van der Waals surface area contributed by atoms with Crippen molar-refractivity contribution in [3.63, 3.8) is 0 Å². The molecule has 1 aliphatic heterocycles. The van der Waals surface area contributed by atoms with Crippen molar-refractivity contribution in [3.8, 4) is 0 Å². The molecule has 1 saturated heterocycles. The van der Waals surface area contributed by atoms with Crippen LogP contribution in [-0.2, 0) is 0 Å². The minimum absolute atomic E-state index is 0.508. The van der Waals surface area contributed by atoms with Gasteiger partial charge in [-0.05, 0) is 6.92 Å². The number of rotatable bonds is 3. The fourth-order valence-electron chi connectivity index (χ4n) is 1.37. The number of aryl methyl sites for hydroxylation is 1. The summed E-state index contributed by atoms with van der Waals surface area (Å²) in [5, 5.41) is 9.55. The molecule has 0 bridgehead atoms. The minimum atomic E-state index is 0.508. The quantitative estimate of drug-likeness (QED) is 0.640. The first-order valence-electron chi connectivity index (χ1n) is 4.78. The van der Waals surface area contributed by atoms with Crippen LogP contribution in [0.15, 0.2) is 6.07 Å². The lowest BCUT2D eigenvalue weighted by Gasteiger charge is -2.28. The molecule has 0 amide bonds. The zero-order valence-electron chi connectivity index (χ0n) is 8.46. The van der Waals surface area contributed by atoms with E-state index in [0.29, 0.717) is 6.04 Å². The molecule has 0 unspecified atom stereocenters. The molecule has 2 rings (SSSR count). The lowest BCUT2D eigenvalue weighted by atomic mass is 10.2. The van der Waals surface area contributed by atoms with E-state index in [0.717, 1.165) is 30.5 Å². The summed E-state index contributed by atoms with van der Waals surface area (Å²) in [4.78, 5) is 8.54. The predicted octanol–water partition coefficient (Wildman–Crippen LogP) is 0.210. The molecule has 1 fully saturated rings. The van der Waals surface area contributed by atoms with Crippen LogP contribution in [0.1, 0.15) is 5.82 Å². The Hall–Kier alpha value is -1.36. The van der Waals surface area contributed by atoms with Gasteiger partial charge < -0.3 is 16.0 Å². The number of nitrogens with one attached hydrogen (secondary N) is 3. The van der Waals surface area contributed by atoms with Crippen LogP contribution >= 0.6 is 0 Å². The lowest BCUT2D eigenvalue weighted by molar-refractivity contribution is 0.471. The van der Waals surface area contributed by atoms with Crippen LogP contribution in [0.3, 0.4) is 0 Å². The highest BCUT2D eigenvalue weighted by molar-refractivity contribution is 5.48. The van der Waals surface area contributed by atoms with Crippen molar-refractivity contribution in [1.29, 1.82) is 0 Å². The number of hydrogen-bond acceptors (Lipinski definition) is 5. The lowest BCUT2D eigenvalue weighted by Crippen LogP contribution is -2.51. The van der Waals surface area contributed by atoms with E-state index in [-0.39, 0.29) is 0 Å². The van der Waals surface area contributed by atoms with Crippen molar-refractivity contribution < 1.29 is 0 Å². The normalized spacial score (nSPS) is 16.1. The first-order valence-corrected chi connectivity index (χ1v) is 4.78. The molecule has 0 aliphatic carbocycles. The topological polar surface area (TPSA) is 61.9 Å². The standard InChI is InChI=1S/C9H15N5/c1-6-12-8(10-2)3-9(13-6)14-7-4-11-5-7/h3,7,11H,4-5H2,1-2H3,(H2,10,12,13,14). The van der Waals surface area contributed by atoms with Crippen molar-refractivity contribution in [1.82, 2.24) is 15.3 Å². The molecule has 0 radical (unpaired) electrons. The highest BCUT2D eigenvalue weighted by Gasteiger charge is 2.16. The maximum Gasteiger partial charge on any atom is 0.132 e. The highest BCUT2D eigenvalue weighted by Crippen LogP contribution is 2.12. The zero-order valence-corrected chi connectivity index (χ0v) is 8.46. The zero-order chi connectivity index (χ0) is 9.97. The summed E-state index contributed by atoms with van der Waals surface area (Å²) in [6.45, 7) is 3.92. The van der Waals surface area contributed by atoms with Crippen LogP contribution in [0, 0.1) is 6.92 Å². The summed E-state index contributed by atoms with van der Waals surface area (Å²) in [5.41, 5.74) is 0. The van der Waals surface area contributed by atoms with Gasteiger partial charge in [-0.2, -0.15) is 0 Å². The van der Waals surface area contributed by atoms with Gasteiger partial charge in [-0.3, -0.25) is 0 Å². The van der Waals surface area contributed by atoms with E-state index < -0.39 is 0 Å². The monoisotopic (exact) mass is 193 g/mol. The number of aromatic nitrogens is 2. The van der Waals surface area contributed by atoms with E-state index in [4.69, 9.17) is 0 Å². The fourth-order valence-corrected chi connectivity index (χ4v) is 1.37. The van der Waals surface area contributed by atoms with E-state index in [9.17, 15) is 0 Å². The summed E-state index contributed by atoms with van der Waals surface area (Å²) < 4.78 is 0. The van der Waals surface area contributed by atoms with Crippen LogP contribution in [0.4, 0.5) is 11.6 Å². The number of anilines is 2. The second-order valence-electron chi connectivity index (χ2n) is 3.44. The van der Waals surface area contributed by atoms with Gasteiger partial charge in [-0.1, -0.05) is 0 Å². The third-order valence-electron chi connectivity index (χ3n) is 2.23. The smallest absolute Gasteiger partial charge is 0.132 e. The van der Waals surface area contributed by atoms with Gasteiger partial charge in [0.25, 0.3) is 0 Å². The first-order chi connectivity index (χ1) is 6.78. The molecule has 5 nitrogen and oxygen atoms in total. The van der Waals surface area contributed by atoms with E-state index >= 15 is 0 Å². The van der Waals surface area contributed by atoms with Gasteiger partial charge in [0.05, 0.1) is 6.04 Å². The molecule has 0 atom stereocenters. The molecule has 1 aromatic rings. The van der Waals surface area contributed by atoms with Gasteiger partial charge in [0.1, 0.15) is 17.5 Å². The molecule has 2 heterocycles. The number of nitrogens with zero attached hydrogens (tertiary/aromatic N) is 2. The average molecular weight is 193 g/mol. The SMILES string of the molecule is CNc1cc(NC2CNC2)nc(C)n1. The largest absolute Gasteiger partial charge is 0.373 e. The Kier molecular flexibility index (Phi) is 2.49. The molecule has 5 heteroatoms. The van der Waals surface area contributed by atoms with Gasteiger partial charge in [-0.15, -0.1) is 0 Å². The van der Waals surface area contributed by atoms with Crippen molar-refractivity contribution in [2.75, 3.05) is 30.8 Å². The Balaban J connectivity index is 2.11. The third kappa shape index (κ3) is 1.93. The Bertz CT molecular complexity index is 321. The number of hydrogen-bond donors (Lipinski definition) is 3. The molecule has 1 aromatic heterocycles. The molecule has 0 saturated carbocycles. The first kappa shape index (κ1) is 9.21. The molecule has 0 aromatic carbocycles. The Morgan fingerprint density at radius 2 is 2.07 bits per heavy atom. The van der Waals surface area contributed by atoms with Crippen LogP contribution in [0.5, 0.6) is 0 Å². The van der Waals surface area contributed by atoms with Gasteiger partial charge in [-0.25, -0.2) is 9.97 Å². The summed E-state index contributed by atoms with van der Waals surface area (Å²) in [6.07, 6.45) is 0. The van der Waals surface area contributed by atoms with Crippen molar-refractivity contribution in [2.24, 2.45) is 0 Å². The Morgan fingerprint density at radius 3 is 2.64 bits per heavy atom. The predicted molar refractivity (Wildman–Crippen MR) is 56.6 cm³/mol. The van der Waals surface area contributed by atoms with Gasteiger partial charge in [0.2, 0.25) is 0 Å². The van der Waals surface area contributed by atoms with Crippen LogP contribution in [0.2, 0.25) is 0 Å². The van der Waals surface area contributed by atoms with E-state index in [1.807, 2.05) is 20.0 Å². The van der Waals surface area contributed by atoms with E-state index in [1.54, 1.807) is 0 Å². The molecule has 14 heavy (non-hydrogen) atoms. The van der Waals surface area contributed by atoms with Crippen LogP contribution in [0.25, 0.3) is 0 Å². The second-order valence-corrected chi connectivity index (χ2v) is 3.44. The van der Waals surface area contributed by atoms with E-state index in [2.05, 4.69) is 25.9 Å². The summed E-state index contributed by atoms with van der Waals surface area (Å²) >= 11 is 0. The molecular formula is C9H15N5. The van der Waals surface area contributed by atoms with Gasteiger partial charge >= 0.3 is 0 Å². The molecule has 76 valence electrons. The highest BCUT2D eigenvalue weighted by atomic mass is 15.1. The summed E-state index contributed by atoms with van der Waals surface area (Å²) in [6, 6.07) is 2.43. The summed E-state index contributed by atoms with van der Waals surface area (Å²) in [7, 11) is 1.86.